The molecule has 1 N–H and O–H groups in total. The minimum absolute atomic E-state index is 0.0350. The first kappa shape index (κ1) is 12.1. The number of thioether (sulfide) groups is 1. The number of carboxylic acids is 1. The zero-order valence-corrected chi connectivity index (χ0v) is 11.0. The summed E-state index contributed by atoms with van der Waals surface area (Å²) < 4.78 is 2.69. The van der Waals surface area contributed by atoms with Crippen LogP contribution in [-0.2, 0) is 4.79 Å². The molecule has 88 valence electrons. The molecule has 7 heteroatoms. The molecule has 0 radical (unpaired) electrons. The van der Waals surface area contributed by atoms with Crippen LogP contribution in [0.4, 0.5) is 0 Å². The summed E-state index contributed by atoms with van der Waals surface area (Å²) >= 11 is 4.52. The lowest BCUT2D eigenvalue weighted by atomic mass is 10.3. The van der Waals surface area contributed by atoms with Crippen molar-refractivity contribution in [3.05, 3.63) is 35.1 Å². The fourth-order valence-electron chi connectivity index (χ4n) is 1.25. The van der Waals surface area contributed by atoms with Gasteiger partial charge in [-0.05, 0) is 18.2 Å². The molecule has 0 saturated heterocycles. The van der Waals surface area contributed by atoms with Crippen molar-refractivity contribution in [1.82, 2.24) is 14.8 Å². The molecule has 1 aromatic carbocycles. The monoisotopic (exact) mass is 313 g/mol. The zero-order valence-electron chi connectivity index (χ0n) is 8.58. The Labute approximate surface area is 110 Å². The van der Waals surface area contributed by atoms with E-state index in [1.807, 2.05) is 24.3 Å². The van der Waals surface area contributed by atoms with Gasteiger partial charge in [0.1, 0.15) is 6.33 Å². The normalized spacial score (nSPS) is 10.4. The van der Waals surface area contributed by atoms with Gasteiger partial charge in [-0.15, -0.1) is 10.2 Å². The van der Waals surface area contributed by atoms with Crippen molar-refractivity contribution >= 4 is 33.7 Å². The summed E-state index contributed by atoms with van der Waals surface area (Å²) in [6.45, 7) is 0. The molecular formula is C10H8BrN3O2S. The van der Waals surface area contributed by atoms with Gasteiger partial charge in [0.05, 0.1) is 11.4 Å². The predicted molar refractivity (Wildman–Crippen MR) is 67.4 cm³/mol. The molecule has 0 fully saturated rings. The molecule has 2 aromatic rings. The summed E-state index contributed by atoms with van der Waals surface area (Å²) in [5.41, 5.74) is 0.886. The Balaban J connectivity index is 2.27. The van der Waals surface area contributed by atoms with E-state index in [0.29, 0.717) is 5.16 Å². The van der Waals surface area contributed by atoms with Crippen LogP contribution in [0.15, 0.2) is 40.2 Å². The van der Waals surface area contributed by atoms with Crippen molar-refractivity contribution in [3.63, 3.8) is 0 Å². The van der Waals surface area contributed by atoms with Crippen LogP contribution in [0.25, 0.3) is 5.69 Å². The number of aliphatic carboxylic acids is 1. The lowest BCUT2D eigenvalue weighted by Gasteiger charge is -2.05. The number of benzene rings is 1. The van der Waals surface area contributed by atoms with E-state index < -0.39 is 5.97 Å². The van der Waals surface area contributed by atoms with Crippen molar-refractivity contribution in [3.8, 4) is 5.69 Å². The Morgan fingerprint density at radius 3 is 3.06 bits per heavy atom. The second-order valence-electron chi connectivity index (χ2n) is 3.15. The Hall–Kier alpha value is -1.34. The third kappa shape index (κ3) is 3.07. The Morgan fingerprint density at radius 2 is 2.35 bits per heavy atom. The van der Waals surface area contributed by atoms with Crippen LogP contribution in [0.3, 0.4) is 0 Å². The predicted octanol–water partition coefficient (Wildman–Crippen LogP) is 2.21. The van der Waals surface area contributed by atoms with Crippen molar-refractivity contribution in [2.45, 2.75) is 5.16 Å². The molecule has 0 amide bonds. The molecule has 1 aromatic heterocycles. The highest BCUT2D eigenvalue weighted by molar-refractivity contribution is 9.10. The van der Waals surface area contributed by atoms with E-state index >= 15 is 0 Å². The Kier molecular flexibility index (Phi) is 3.80. The first-order chi connectivity index (χ1) is 8.16. The molecule has 1 heterocycles. The standard InChI is InChI=1S/C10H8BrN3O2S/c11-7-2-1-3-8(4-7)14-6-12-13-10(14)17-5-9(15)16/h1-4,6H,5H2,(H,15,16). The van der Waals surface area contributed by atoms with Crippen LogP contribution >= 0.6 is 27.7 Å². The third-order valence-corrected chi connectivity index (χ3v) is 3.35. The van der Waals surface area contributed by atoms with Gasteiger partial charge in [0.2, 0.25) is 0 Å². The van der Waals surface area contributed by atoms with E-state index in [2.05, 4.69) is 26.1 Å². The minimum atomic E-state index is -0.876. The molecule has 0 atom stereocenters. The Morgan fingerprint density at radius 1 is 1.53 bits per heavy atom. The van der Waals surface area contributed by atoms with Gasteiger partial charge >= 0.3 is 5.97 Å². The van der Waals surface area contributed by atoms with Gasteiger partial charge in [-0.1, -0.05) is 33.8 Å². The number of hydrogen-bond donors (Lipinski definition) is 1. The maximum atomic E-state index is 10.5. The van der Waals surface area contributed by atoms with Crippen LogP contribution < -0.4 is 0 Å². The molecule has 0 aliphatic rings. The fourth-order valence-corrected chi connectivity index (χ4v) is 2.29. The van der Waals surface area contributed by atoms with Crippen LogP contribution in [0.2, 0.25) is 0 Å². The van der Waals surface area contributed by atoms with Crippen LogP contribution in [0, 0.1) is 0 Å². The largest absolute Gasteiger partial charge is 0.481 e. The number of carbonyl (C=O) groups is 1. The second-order valence-corrected chi connectivity index (χ2v) is 5.00. The zero-order chi connectivity index (χ0) is 12.3. The number of rotatable bonds is 4. The highest BCUT2D eigenvalue weighted by atomic mass is 79.9. The highest BCUT2D eigenvalue weighted by Gasteiger charge is 2.09. The van der Waals surface area contributed by atoms with Gasteiger partial charge in [0.15, 0.2) is 5.16 Å². The minimum Gasteiger partial charge on any atom is -0.481 e. The van der Waals surface area contributed by atoms with E-state index in [-0.39, 0.29) is 5.75 Å². The molecule has 0 spiro atoms. The average Bonchev–Trinajstić information content (AvgIpc) is 2.74. The summed E-state index contributed by atoms with van der Waals surface area (Å²) in [4.78, 5) is 10.5. The quantitative estimate of drug-likeness (QED) is 0.876. The number of nitrogens with zero attached hydrogens (tertiary/aromatic N) is 3. The topological polar surface area (TPSA) is 68.0 Å². The molecule has 5 nitrogen and oxygen atoms in total. The highest BCUT2D eigenvalue weighted by Crippen LogP contribution is 2.21. The molecule has 17 heavy (non-hydrogen) atoms. The first-order valence-electron chi connectivity index (χ1n) is 4.67. The number of carboxylic acid groups (broad SMARTS) is 1. The lowest BCUT2D eigenvalue weighted by Crippen LogP contribution is -2.01. The van der Waals surface area contributed by atoms with Crippen LogP contribution in [-0.4, -0.2) is 31.6 Å². The van der Waals surface area contributed by atoms with Gasteiger partial charge in [0, 0.05) is 4.47 Å². The van der Waals surface area contributed by atoms with Gasteiger partial charge < -0.3 is 5.11 Å². The molecule has 2 rings (SSSR count). The summed E-state index contributed by atoms with van der Waals surface area (Å²) in [6, 6.07) is 7.62. The van der Waals surface area contributed by atoms with E-state index in [4.69, 9.17) is 5.11 Å². The smallest absolute Gasteiger partial charge is 0.313 e. The average molecular weight is 314 g/mol. The molecule has 0 saturated carbocycles. The Bertz CT molecular complexity index is 544. The van der Waals surface area contributed by atoms with Crippen molar-refractivity contribution < 1.29 is 9.90 Å². The van der Waals surface area contributed by atoms with Gasteiger partial charge in [-0.25, -0.2) is 0 Å². The number of aromatic nitrogens is 3. The maximum Gasteiger partial charge on any atom is 0.313 e. The third-order valence-electron chi connectivity index (χ3n) is 1.93. The van der Waals surface area contributed by atoms with Crippen molar-refractivity contribution in [2.24, 2.45) is 0 Å². The molecule has 0 bridgehead atoms. The fraction of sp³-hybridized carbons (Fsp3) is 0.100. The molecule has 0 unspecified atom stereocenters. The van der Waals surface area contributed by atoms with E-state index in [1.165, 1.54) is 0 Å². The summed E-state index contributed by atoms with van der Waals surface area (Å²) in [6.07, 6.45) is 1.56. The maximum absolute atomic E-state index is 10.5. The van der Waals surface area contributed by atoms with Gasteiger partial charge in [-0.3, -0.25) is 9.36 Å². The second kappa shape index (κ2) is 5.33. The van der Waals surface area contributed by atoms with Crippen LogP contribution in [0.1, 0.15) is 0 Å². The SMILES string of the molecule is O=C(O)CSc1nncn1-c1cccc(Br)c1. The summed E-state index contributed by atoms with van der Waals surface area (Å²) in [5, 5.41) is 16.9. The van der Waals surface area contributed by atoms with Gasteiger partial charge in [0.25, 0.3) is 0 Å². The van der Waals surface area contributed by atoms with E-state index in [0.717, 1.165) is 21.9 Å². The van der Waals surface area contributed by atoms with Gasteiger partial charge in [-0.2, -0.15) is 0 Å². The number of hydrogen-bond acceptors (Lipinski definition) is 4. The van der Waals surface area contributed by atoms with Crippen LogP contribution in [0.5, 0.6) is 0 Å². The lowest BCUT2D eigenvalue weighted by molar-refractivity contribution is -0.133. The van der Waals surface area contributed by atoms with Crippen molar-refractivity contribution in [1.29, 1.82) is 0 Å². The summed E-state index contributed by atoms with van der Waals surface area (Å²) in [5.74, 6) is -0.911. The number of halogens is 1. The molecular weight excluding hydrogens is 306 g/mol. The molecule has 0 aliphatic carbocycles. The van der Waals surface area contributed by atoms with E-state index in [1.54, 1.807) is 10.9 Å². The molecule has 0 aliphatic heterocycles. The first-order valence-corrected chi connectivity index (χ1v) is 6.45. The van der Waals surface area contributed by atoms with Crippen molar-refractivity contribution in [2.75, 3.05) is 5.75 Å². The van der Waals surface area contributed by atoms with E-state index in [9.17, 15) is 4.79 Å². The summed E-state index contributed by atoms with van der Waals surface area (Å²) in [7, 11) is 0.